The van der Waals surface area contributed by atoms with E-state index in [-0.39, 0.29) is 62.7 Å². The van der Waals surface area contributed by atoms with Crippen molar-refractivity contribution < 1.29 is 57.6 Å². The van der Waals surface area contributed by atoms with E-state index in [1.165, 1.54) is 44.6 Å². The number of aliphatic hydroxyl groups is 2. The predicted molar refractivity (Wildman–Crippen MR) is 284 cm³/mol. The van der Waals surface area contributed by atoms with Crippen molar-refractivity contribution in [1.82, 2.24) is 4.90 Å². The van der Waals surface area contributed by atoms with Gasteiger partial charge in [-0.3, -0.25) is 20.2 Å². The van der Waals surface area contributed by atoms with Crippen LogP contribution in [0, 0.1) is 33.7 Å². The molecule has 16 nitrogen and oxygen atoms in total. The standard InChI is InChI=1S/C59H63FN4O12/c1-4-32-73-59-54(63(37-40-16-21-43(60)22-17-40)55(67)29-20-39-18-23-44(24-19-39)64(69)70)36-51(62-74-38-41-12-6-5-7-13-41)48-33-42(14-8-10-30-65)47(15-9-11-31-66)56(57(48)59)49-34-46(26-28-52(49)76-59)75-58(68)61-50-27-25-45(71-2)35-53(50)72-3/h4-7,12-13,16-29,33-35,42,47,54,56-57,65-66H,1,8-11,14-15,30-32,36-38H2,2-3H3,(H,61,68)/t42-,47+,54-,56+,57+,59+/m0/s1. The van der Waals surface area contributed by atoms with Gasteiger partial charge in [0, 0.05) is 61.9 Å². The summed E-state index contributed by atoms with van der Waals surface area (Å²) in [7, 11) is 3.01. The molecule has 17 heteroatoms. The Morgan fingerprint density at radius 2 is 1.64 bits per heavy atom. The number of allylic oxidation sites excluding steroid dienone is 1. The summed E-state index contributed by atoms with van der Waals surface area (Å²) in [5.74, 6) is -2.54. The lowest BCUT2D eigenvalue weighted by Gasteiger charge is -2.60. The number of oxime groups is 1. The van der Waals surface area contributed by atoms with E-state index in [1.807, 2.05) is 30.3 Å². The quantitative estimate of drug-likeness (QED) is 0.0174. The van der Waals surface area contributed by atoms with Crippen molar-refractivity contribution in [3.63, 3.8) is 0 Å². The van der Waals surface area contributed by atoms with Gasteiger partial charge in [-0.05, 0) is 120 Å². The predicted octanol–water partition coefficient (Wildman–Crippen LogP) is 10.9. The summed E-state index contributed by atoms with van der Waals surface area (Å²) in [6.45, 7) is 4.12. The number of carbonyl (C=O) groups excluding carboxylic acids is 2. The molecule has 398 valence electrons. The van der Waals surface area contributed by atoms with Crippen LogP contribution in [0.4, 0.5) is 20.6 Å². The largest absolute Gasteiger partial charge is 0.497 e. The fraction of sp³-hybridized carbons (Fsp3) is 0.339. The van der Waals surface area contributed by atoms with Crippen LogP contribution in [0.5, 0.6) is 23.0 Å². The third kappa shape index (κ3) is 12.6. The molecule has 76 heavy (non-hydrogen) atoms. The number of hydrogen-bond acceptors (Lipinski definition) is 13. The van der Waals surface area contributed by atoms with Crippen LogP contribution in [-0.4, -0.2) is 83.6 Å². The Labute approximate surface area is 441 Å². The first-order chi connectivity index (χ1) is 37.0. The van der Waals surface area contributed by atoms with Crippen LogP contribution in [0.2, 0.25) is 0 Å². The van der Waals surface area contributed by atoms with Gasteiger partial charge in [-0.2, -0.15) is 0 Å². The van der Waals surface area contributed by atoms with Crippen molar-refractivity contribution in [3.05, 3.63) is 184 Å². The fourth-order valence-corrected chi connectivity index (χ4v) is 10.7. The SMILES string of the molecule is C=CCO[C@@]12Oc3ccc(OC(=O)Nc4ccc(OC)cc4OC)cc3[C@H]3[C@H](CCCCO)[C@@H](CCCCO)C=C(C(=NOCc4ccccc4)C[C@@H]1N(Cc1ccc(F)cc1)C(=O)C=Cc1ccc([N+](=O)[O-])cc1)[C@H]32. The lowest BCUT2D eigenvalue weighted by Crippen LogP contribution is -2.70. The normalized spacial score (nSPS) is 20.8. The number of unbranched alkanes of at least 4 members (excludes halogenated alkanes) is 2. The molecule has 6 atom stereocenters. The Hall–Kier alpha value is -7.86. The zero-order chi connectivity index (χ0) is 53.6. The fourth-order valence-electron chi connectivity index (χ4n) is 10.7. The number of nitro benzene ring substituents is 1. The molecule has 1 saturated carbocycles. The molecule has 0 aromatic heterocycles. The van der Waals surface area contributed by atoms with Gasteiger partial charge < -0.3 is 43.6 Å². The van der Waals surface area contributed by atoms with E-state index < -0.39 is 46.4 Å². The molecule has 1 aliphatic heterocycles. The highest BCUT2D eigenvalue weighted by atomic mass is 19.1. The van der Waals surface area contributed by atoms with Crippen LogP contribution in [-0.2, 0) is 27.5 Å². The number of nitrogens with one attached hydrogen (secondary N) is 1. The summed E-state index contributed by atoms with van der Waals surface area (Å²) in [6, 6.07) is 30.4. The summed E-state index contributed by atoms with van der Waals surface area (Å²) in [5, 5.41) is 39.3. The molecule has 0 spiro atoms. The second-order valence-corrected chi connectivity index (χ2v) is 18.9. The first kappa shape index (κ1) is 54.4. The molecule has 2 amide bonds. The van der Waals surface area contributed by atoms with E-state index in [9.17, 15) is 29.5 Å². The molecule has 5 aromatic carbocycles. The maximum atomic E-state index is 15.3. The molecular weight excluding hydrogens is 976 g/mol. The highest BCUT2D eigenvalue weighted by Crippen LogP contribution is 2.62. The molecule has 0 bridgehead atoms. The second-order valence-electron chi connectivity index (χ2n) is 18.9. The van der Waals surface area contributed by atoms with Gasteiger partial charge in [-0.1, -0.05) is 72.6 Å². The summed E-state index contributed by atoms with van der Waals surface area (Å²) in [6.07, 6.45) is 9.90. The molecule has 5 aromatic rings. The zero-order valence-electron chi connectivity index (χ0n) is 42.6. The minimum absolute atomic E-state index is 0.0121. The average molecular weight is 1040 g/mol. The number of nitro groups is 1. The van der Waals surface area contributed by atoms with Gasteiger partial charge in [0.1, 0.15) is 41.5 Å². The van der Waals surface area contributed by atoms with E-state index >= 15 is 4.79 Å². The van der Waals surface area contributed by atoms with E-state index in [2.05, 4.69) is 18.0 Å². The number of amides is 2. The summed E-state index contributed by atoms with van der Waals surface area (Å²) in [5.41, 5.74) is 4.30. The van der Waals surface area contributed by atoms with Crippen molar-refractivity contribution in [2.45, 2.75) is 75.8 Å². The van der Waals surface area contributed by atoms with Crippen molar-refractivity contribution in [2.75, 3.05) is 39.4 Å². The zero-order valence-corrected chi connectivity index (χ0v) is 42.6. The Kier molecular flexibility index (Phi) is 18.3. The highest BCUT2D eigenvalue weighted by molar-refractivity contribution is 6.03. The number of anilines is 1. The first-order valence-corrected chi connectivity index (χ1v) is 25.4. The average Bonchev–Trinajstić information content (AvgIpc) is 3.47. The lowest BCUT2D eigenvalue weighted by molar-refractivity contribution is -0.384. The van der Waals surface area contributed by atoms with Crippen LogP contribution in [0.3, 0.4) is 0 Å². The van der Waals surface area contributed by atoms with E-state index in [0.717, 1.165) is 11.1 Å². The molecule has 2 aliphatic carbocycles. The third-order valence-electron chi connectivity index (χ3n) is 14.2. The van der Waals surface area contributed by atoms with E-state index in [4.69, 9.17) is 33.7 Å². The van der Waals surface area contributed by atoms with Gasteiger partial charge in [-0.15, -0.1) is 6.58 Å². The Morgan fingerprint density at radius 3 is 2.34 bits per heavy atom. The molecule has 1 heterocycles. The number of nitrogens with zero attached hydrogens (tertiary/aromatic N) is 3. The Balaban J connectivity index is 1.31. The van der Waals surface area contributed by atoms with E-state index in [1.54, 1.807) is 77.7 Å². The van der Waals surface area contributed by atoms with Crippen molar-refractivity contribution in [1.29, 1.82) is 0 Å². The molecular formula is C59H63FN4O12. The number of aliphatic hydroxyl groups excluding tert-OH is 2. The lowest BCUT2D eigenvalue weighted by atomic mass is 9.55. The number of fused-ring (bicyclic) bond motifs is 2. The van der Waals surface area contributed by atoms with Gasteiger partial charge in [0.15, 0.2) is 0 Å². The Bertz CT molecular complexity index is 2910. The number of halogens is 1. The van der Waals surface area contributed by atoms with Crippen molar-refractivity contribution in [3.8, 4) is 23.0 Å². The van der Waals surface area contributed by atoms with Gasteiger partial charge in [0.05, 0.1) is 43.1 Å². The number of carbonyl (C=O) groups is 2. The van der Waals surface area contributed by atoms with Gasteiger partial charge in [0.25, 0.3) is 5.69 Å². The van der Waals surface area contributed by atoms with Gasteiger partial charge in [-0.25, -0.2) is 9.18 Å². The van der Waals surface area contributed by atoms with Crippen molar-refractivity contribution in [2.24, 2.45) is 22.9 Å². The summed E-state index contributed by atoms with van der Waals surface area (Å²) < 4.78 is 46.0. The molecule has 3 aliphatic rings. The highest BCUT2D eigenvalue weighted by Gasteiger charge is 2.65. The third-order valence-corrected chi connectivity index (χ3v) is 14.2. The molecule has 0 saturated heterocycles. The number of rotatable bonds is 24. The molecule has 0 radical (unpaired) electrons. The van der Waals surface area contributed by atoms with Crippen LogP contribution in [0.25, 0.3) is 6.08 Å². The van der Waals surface area contributed by atoms with Crippen LogP contribution < -0.4 is 24.3 Å². The molecule has 8 rings (SSSR count). The van der Waals surface area contributed by atoms with Gasteiger partial charge in [0.2, 0.25) is 11.7 Å². The number of hydrogen-bond donors (Lipinski definition) is 3. The monoisotopic (exact) mass is 1040 g/mol. The van der Waals surface area contributed by atoms with Crippen LogP contribution in [0.1, 0.15) is 73.1 Å². The maximum Gasteiger partial charge on any atom is 0.417 e. The first-order valence-electron chi connectivity index (χ1n) is 25.4. The topological polar surface area (TPSA) is 201 Å². The van der Waals surface area contributed by atoms with Crippen LogP contribution in [0.15, 0.2) is 151 Å². The number of ether oxygens (including phenoxy) is 5. The van der Waals surface area contributed by atoms with Crippen LogP contribution >= 0.6 is 0 Å². The van der Waals surface area contributed by atoms with E-state index in [0.29, 0.717) is 83.9 Å². The number of methoxy groups -OCH3 is 2. The number of benzene rings is 5. The summed E-state index contributed by atoms with van der Waals surface area (Å²) in [4.78, 5) is 47.9. The minimum atomic E-state index is -1.68. The minimum Gasteiger partial charge on any atom is -0.497 e. The number of non-ortho nitro benzene ring substituents is 1. The summed E-state index contributed by atoms with van der Waals surface area (Å²) >= 11 is 0. The molecule has 0 unspecified atom stereocenters. The second kappa shape index (κ2) is 25.6. The smallest absolute Gasteiger partial charge is 0.417 e. The Morgan fingerprint density at radius 1 is 0.908 bits per heavy atom. The van der Waals surface area contributed by atoms with Gasteiger partial charge >= 0.3 is 6.09 Å². The molecule has 1 fully saturated rings. The molecule has 3 N–H and O–H groups in total. The maximum absolute atomic E-state index is 15.3. The van der Waals surface area contributed by atoms with Crippen molar-refractivity contribution >= 4 is 35.2 Å².